The van der Waals surface area contributed by atoms with Gasteiger partial charge in [-0.25, -0.2) is 4.79 Å². The van der Waals surface area contributed by atoms with Crippen molar-refractivity contribution in [2.24, 2.45) is 0 Å². The van der Waals surface area contributed by atoms with Crippen LogP contribution in [0, 0.1) is 0 Å². The average Bonchev–Trinajstić information content (AvgIpc) is 2.50. The lowest BCUT2D eigenvalue weighted by Crippen LogP contribution is -2.33. The Kier molecular flexibility index (Phi) is 6.17. The van der Waals surface area contributed by atoms with E-state index in [1.54, 1.807) is 19.2 Å². The highest BCUT2D eigenvalue weighted by molar-refractivity contribution is 5.87. The fourth-order valence-corrected chi connectivity index (χ4v) is 2.54. The molecule has 1 aliphatic rings. The third-order valence-corrected chi connectivity index (χ3v) is 3.73. The third-order valence-electron chi connectivity index (χ3n) is 3.73. The van der Waals surface area contributed by atoms with E-state index in [-0.39, 0.29) is 0 Å². The number of rotatable bonds is 8. The van der Waals surface area contributed by atoms with Gasteiger partial charge in [-0.3, -0.25) is 4.90 Å². The molecule has 1 heterocycles. The van der Waals surface area contributed by atoms with E-state index in [0.717, 1.165) is 51.3 Å². The topological polar surface area (TPSA) is 59.0 Å². The second-order valence-electron chi connectivity index (χ2n) is 5.27. The van der Waals surface area contributed by atoms with Crippen molar-refractivity contribution in [1.82, 2.24) is 4.90 Å². The van der Waals surface area contributed by atoms with Gasteiger partial charge in [0.1, 0.15) is 0 Å². The molecule has 0 fully saturated rings. The number of carboxylic acids is 1. The number of fused-ring (bicyclic) bond motifs is 1. The van der Waals surface area contributed by atoms with Gasteiger partial charge >= 0.3 is 5.97 Å². The lowest BCUT2D eigenvalue weighted by Gasteiger charge is -2.28. The van der Waals surface area contributed by atoms with E-state index in [9.17, 15) is 4.79 Å². The van der Waals surface area contributed by atoms with Crippen LogP contribution in [-0.2, 0) is 22.4 Å². The Balaban J connectivity index is 1.79. The molecule has 1 aromatic carbocycles. The number of carboxylic acid groups (broad SMARTS) is 1. The third kappa shape index (κ3) is 4.81. The molecular weight excluding hydrogens is 270 g/mol. The number of ether oxygens (including phenoxy) is 2. The number of aromatic carboxylic acids is 1. The summed E-state index contributed by atoms with van der Waals surface area (Å²) < 4.78 is 10.5. The molecule has 0 aromatic heterocycles. The zero-order valence-corrected chi connectivity index (χ0v) is 12.5. The molecule has 1 aromatic rings. The quantitative estimate of drug-likeness (QED) is 0.741. The van der Waals surface area contributed by atoms with Crippen molar-refractivity contribution in [2.75, 3.05) is 40.0 Å². The number of hydrogen-bond donors (Lipinski definition) is 1. The minimum absolute atomic E-state index is 0.367. The molecule has 0 saturated heterocycles. The first-order valence-corrected chi connectivity index (χ1v) is 7.35. The fourth-order valence-electron chi connectivity index (χ4n) is 2.54. The highest BCUT2D eigenvalue weighted by Gasteiger charge is 2.17. The fraction of sp³-hybridized carbons (Fsp3) is 0.562. The Morgan fingerprint density at radius 3 is 2.90 bits per heavy atom. The van der Waals surface area contributed by atoms with Crippen molar-refractivity contribution in [3.63, 3.8) is 0 Å². The Labute approximate surface area is 125 Å². The van der Waals surface area contributed by atoms with Crippen LogP contribution in [0.4, 0.5) is 0 Å². The maximum absolute atomic E-state index is 11.0. The van der Waals surface area contributed by atoms with Crippen LogP contribution in [0.2, 0.25) is 0 Å². The van der Waals surface area contributed by atoms with Gasteiger partial charge in [0.15, 0.2) is 0 Å². The molecule has 0 radical (unpaired) electrons. The SMILES string of the molecule is COCCCOCCN1CCc2ccc(C(=O)O)cc2C1. The van der Waals surface area contributed by atoms with Crippen LogP contribution in [-0.4, -0.2) is 56.0 Å². The monoisotopic (exact) mass is 293 g/mol. The molecule has 0 aliphatic carbocycles. The molecule has 0 saturated carbocycles. The van der Waals surface area contributed by atoms with Crippen LogP contribution in [0.25, 0.3) is 0 Å². The van der Waals surface area contributed by atoms with E-state index in [0.29, 0.717) is 12.2 Å². The molecule has 5 heteroatoms. The first kappa shape index (κ1) is 15.9. The largest absolute Gasteiger partial charge is 0.478 e. The van der Waals surface area contributed by atoms with Crippen molar-refractivity contribution in [3.05, 3.63) is 34.9 Å². The van der Waals surface area contributed by atoms with Crippen LogP contribution in [0.1, 0.15) is 27.9 Å². The molecule has 0 bridgehead atoms. The van der Waals surface area contributed by atoms with Gasteiger partial charge in [-0.1, -0.05) is 6.07 Å². The number of hydrogen-bond acceptors (Lipinski definition) is 4. The van der Waals surface area contributed by atoms with Crippen LogP contribution in [0.5, 0.6) is 0 Å². The van der Waals surface area contributed by atoms with Gasteiger partial charge in [-0.15, -0.1) is 0 Å². The van der Waals surface area contributed by atoms with Crippen molar-refractivity contribution < 1.29 is 19.4 Å². The highest BCUT2D eigenvalue weighted by atomic mass is 16.5. The first-order valence-electron chi connectivity index (χ1n) is 7.35. The Morgan fingerprint density at radius 1 is 1.29 bits per heavy atom. The van der Waals surface area contributed by atoms with Gasteiger partial charge in [0.2, 0.25) is 0 Å². The van der Waals surface area contributed by atoms with E-state index in [1.165, 1.54) is 5.56 Å². The van der Waals surface area contributed by atoms with E-state index < -0.39 is 5.97 Å². The second-order valence-corrected chi connectivity index (χ2v) is 5.27. The average molecular weight is 293 g/mol. The standard InChI is InChI=1S/C16H23NO4/c1-20-8-2-9-21-10-7-17-6-5-13-3-4-14(16(18)19)11-15(13)12-17/h3-4,11H,2,5-10,12H2,1H3,(H,18,19). The normalized spacial score (nSPS) is 14.9. The molecular formula is C16H23NO4. The zero-order valence-electron chi connectivity index (χ0n) is 12.5. The number of benzene rings is 1. The molecule has 2 rings (SSSR count). The summed E-state index contributed by atoms with van der Waals surface area (Å²) in [7, 11) is 1.69. The van der Waals surface area contributed by atoms with Crippen LogP contribution < -0.4 is 0 Å². The van der Waals surface area contributed by atoms with E-state index >= 15 is 0 Å². The Bertz CT molecular complexity index is 475. The summed E-state index contributed by atoms with van der Waals surface area (Å²) in [5.41, 5.74) is 2.75. The van der Waals surface area contributed by atoms with E-state index in [2.05, 4.69) is 4.90 Å². The van der Waals surface area contributed by atoms with Gasteiger partial charge in [0.25, 0.3) is 0 Å². The summed E-state index contributed by atoms with van der Waals surface area (Å²) in [6, 6.07) is 5.43. The molecule has 0 atom stereocenters. The lowest BCUT2D eigenvalue weighted by atomic mass is 9.97. The summed E-state index contributed by atoms with van der Waals surface area (Å²) in [6.45, 7) is 4.84. The predicted octanol–water partition coefficient (Wildman–Crippen LogP) is 1.80. The highest BCUT2D eigenvalue weighted by Crippen LogP contribution is 2.20. The van der Waals surface area contributed by atoms with Gasteiger partial charge < -0.3 is 14.6 Å². The summed E-state index contributed by atoms with van der Waals surface area (Å²) in [5, 5.41) is 9.05. The maximum Gasteiger partial charge on any atom is 0.335 e. The van der Waals surface area contributed by atoms with Crippen LogP contribution in [0.3, 0.4) is 0 Å². The van der Waals surface area contributed by atoms with Crippen LogP contribution >= 0.6 is 0 Å². The molecule has 21 heavy (non-hydrogen) atoms. The zero-order chi connectivity index (χ0) is 15.1. The van der Waals surface area contributed by atoms with Crippen molar-refractivity contribution in [1.29, 1.82) is 0 Å². The lowest BCUT2D eigenvalue weighted by molar-refractivity contribution is 0.0695. The van der Waals surface area contributed by atoms with Crippen molar-refractivity contribution in [2.45, 2.75) is 19.4 Å². The molecule has 116 valence electrons. The number of nitrogens with zero attached hydrogens (tertiary/aromatic N) is 1. The Morgan fingerprint density at radius 2 is 2.14 bits per heavy atom. The molecule has 1 N–H and O–H groups in total. The molecule has 5 nitrogen and oxygen atoms in total. The predicted molar refractivity (Wildman–Crippen MR) is 79.7 cm³/mol. The summed E-state index contributed by atoms with van der Waals surface area (Å²) in [4.78, 5) is 13.3. The molecule has 0 unspecified atom stereocenters. The molecule has 1 aliphatic heterocycles. The minimum Gasteiger partial charge on any atom is -0.478 e. The van der Waals surface area contributed by atoms with Crippen molar-refractivity contribution in [3.8, 4) is 0 Å². The van der Waals surface area contributed by atoms with Gasteiger partial charge in [0, 0.05) is 40.0 Å². The summed E-state index contributed by atoms with van der Waals surface area (Å²) in [5.74, 6) is -0.864. The first-order chi connectivity index (χ1) is 10.2. The van der Waals surface area contributed by atoms with Gasteiger partial charge in [-0.2, -0.15) is 0 Å². The van der Waals surface area contributed by atoms with Gasteiger partial charge in [-0.05, 0) is 36.1 Å². The van der Waals surface area contributed by atoms with E-state index in [1.807, 2.05) is 6.07 Å². The number of carbonyl (C=O) groups is 1. The minimum atomic E-state index is -0.864. The number of methoxy groups -OCH3 is 1. The summed E-state index contributed by atoms with van der Waals surface area (Å²) >= 11 is 0. The smallest absolute Gasteiger partial charge is 0.335 e. The molecule has 0 spiro atoms. The van der Waals surface area contributed by atoms with Crippen LogP contribution in [0.15, 0.2) is 18.2 Å². The summed E-state index contributed by atoms with van der Waals surface area (Å²) in [6.07, 6.45) is 1.89. The molecule has 0 amide bonds. The Hall–Kier alpha value is -1.43. The van der Waals surface area contributed by atoms with E-state index in [4.69, 9.17) is 14.6 Å². The van der Waals surface area contributed by atoms with Gasteiger partial charge in [0.05, 0.1) is 12.2 Å². The second kappa shape index (κ2) is 8.12. The maximum atomic E-state index is 11.0. The van der Waals surface area contributed by atoms with Crippen molar-refractivity contribution >= 4 is 5.97 Å².